The summed E-state index contributed by atoms with van der Waals surface area (Å²) in [6.45, 7) is 5.91. The minimum atomic E-state index is 0.00369. The van der Waals surface area contributed by atoms with Crippen molar-refractivity contribution < 1.29 is 0 Å². The molecule has 0 bridgehead atoms. The van der Waals surface area contributed by atoms with Gasteiger partial charge in [0, 0.05) is 35.8 Å². The molecule has 0 unspecified atom stereocenters. The lowest BCUT2D eigenvalue weighted by molar-refractivity contribution is 0.189. The van der Waals surface area contributed by atoms with Crippen LogP contribution in [0.3, 0.4) is 0 Å². The second kappa shape index (κ2) is 5.58. The highest BCUT2D eigenvalue weighted by molar-refractivity contribution is 7.10. The lowest BCUT2D eigenvalue weighted by Gasteiger charge is -2.33. The van der Waals surface area contributed by atoms with Crippen LogP contribution in [0.15, 0.2) is 40.5 Å². The maximum atomic E-state index is 12.4. The number of aromatic nitrogens is 2. The Labute approximate surface area is 139 Å². The molecule has 3 aromatic heterocycles. The summed E-state index contributed by atoms with van der Waals surface area (Å²) in [5.74, 6) is 0. The van der Waals surface area contributed by atoms with Gasteiger partial charge in [0.05, 0.1) is 5.69 Å². The van der Waals surface area contributed by atoms with Gasteiger partial charge in [-0.3, -0.25) is 14.1 Å². The molecule has 0 saturated heterocycles. The van der Waals surface area contributed by atoms with E-state index in [2.05, 4.69) is 23.3 Å². The van der Waals surface area contributed by atoms with E-state index in [1.54, 1.807) is 10.5 Å². The quantitative estimate of drug-likeness (QED) is 0.726. The lowest BCUT2D eigenvalue weighted by Crippen LogP contribution is -2.33. The first kappa shape index (κ1) is 14.6. The van der Waals surface area contributed by atoms with Gasteiger partial charge in [-0.1, -0.05) is 6.07 Å². The molecule has 0 fully saturated rings. The maximum absolute atomic E-state index is 12.4. The first-order valence-corrected chi connectivity index (χ1v) is 8.80. The maximum Gasteiger partial charge on any atom is 0.258 e. The van der Waals surface area contributed by atoms with Gasteiger partial charge in [-0.05, 0) is 49.4 Å². The third kappa shape index (κ3) is 2.50. The molecule has 0 saturated carbocycles. The summed E-state index contributed by atoms with van der Waals surface area (Å²) in [6.07, 6.45) is 1.09. The largest absolute Gasteiger partial charge is 0.290 e. The van der Waals surface area contributed by atoms with Gasteiger partial charge in [0.1, 0.15) is 5.65 Å². The summed E-state index contributed by atoms with van der Waals surface area (Å²) < 4.78 is 1.67. The van der Waals surface area contributed by atoms with Crippen molar-refractivity contribution in [3.05, 3.63) is 67.9 Å². The molecule has 4 rings (SSSR count). The number of fused-ring (bicyclic) bond motifs is 2. The van der Waals surface area contributed by atoms with E-state index in [-0.39, 0.29) is 5.56 Å². The summed E-state index contributed by atoms with van der Waals surface area (Å²) in [4.78, 5) is 21.0. The summed E-state index contributed by atoms with van der Waals surface area (Å²) >= 11 is 1.85. The zero-order valence-corrected chi connectivity index (χ0v) is 14.1. The Morgan fingerprint density at radius 2 is 2.22 bits per heavy atom. The Morgan fingerprint density at radius 1 is 1.35 bits per heavy atom. The Kier molecular flexibility index (Phi) is 3.54. The fourth-order valence-electron chi connectivity index (χ4n) is 3.43. The fourth-order valence-corrected chi connectivity index (χ4v) is 4.39. The molecule has 0 aromatic carbocycles. The van der Waals surface area contributed by atoms with Crippen LogP contribution in [0.4, 0.5) is 0 Å². The Bertz CT molecular complexity index is 927. The van der Waals surface area contributed by atoms with Gasteiger partial charge in [-0.15, -0.1) is 11.3 Å². The van der Waals surface area contributed by atoms with Crippen LogP contribution >= 0.6 is 11.3 Å². The van der Waals surface area contributed by atoms with Crippen LogP contribution in [0.1, 0.15) is 34.8 Å². The van der Waals surface area contributed by atoms with Crippen molar-refractivity contribution in [1.29, 1.82) is 0 Å². The van der Waals surface area contributed by atoms with Gasteiger partial charge in [-0.2, -0.15) is 0 Å². The molecule has 3 aromatic rings. The van der Waals surface area contributed by atoms with E-state index in [0.717, 1.165) is 36.5 Å². The number of hydrogen-bond acceptors (Lipinski definition) is 4. The highest BCUT2D eigenvalue weighted by atomic mass is 32.1. The van der Waals surface area contributed by atoms with Crippen LogP contribution < -0.4 is 5.56 Å². The first-order chi connectivity index (χ1) is 11.1. The molecule has 4 heterocycles. The third-order valence-electron chi connectivity index (χ3n) is 4.70. The molecule has 0 spiro atoms. The normalized spacial score (nSPS) is 18.3. The highest BCUT2D eigenvalue weighted by Gasteiger charge is 2.25. The molecular formula is C18H19N3OS. The third-order valence-corrected chi connectivity index (χ3v) is 5.70. The van der Waals surface area contributed by atoms with Crippen molar-refractivity contribution in [1.82, 2.24) is 14.3 Å². The zero-order valence-electron chi connectivity index (χ0n) is 13.3. The highest BCUT2D eigenvalue weighted by Crippen LogP contribution is 2.33. The van der Waals surface area contributed by atoms with Crippen molar-refractivity contribution in [3.8, 4) is 0 Å². The molecule has 0 amide bonds. The summed E-state index contributed by atoms with van der Waals surface area (Å²) in [5, 5.41) is 2.17. The zero-order chi connectivity index (χ0) is 16.0. The smallest absolute Gasteiger partial charge is 0.258 e. The molecule has 23 heavy (non-hydrogen) atoms. The molecule has 0 N–H and O–H groups in total. The van der Waals surface area contributed by atoms with E-state index in [1.165, 1.54) is 10.4 Å². The van der Waals surface area contributed by atoms with Gasteiger partial charge in [-0.25, -0.2) is 4.98 Å². The van der Waals surface area contributed by atoms with E-state index in [4.69, 9.17) is 4.98 Å². The Hall–Kier alpha value is -1.98. The van der Waals surface area contributed by atoms with Gasteiger partial charge >= 0.3 is 0 Å². The first-order valence-electron chi connectivity index (χ1n) is 7.92. The van der Waals surface area contributed by atoms with E-state index in [0.29, 0.717) is 6.04 Å². The number of thiophene rings is 1. The fraction of sp³-hybridized carbons (Fsp3) is 0.333. The summed E-state index contributed by atoms with van der Waals surface area (Å²) in [5.41, 5.74) is 3.93. The van der Waals surface area contributed by atoms with Gasteiger partial charge < -0.3 is 0 Å². The molecule has 118 valence electrons. The number of hydrogen-bond donors (Lipinski definition) is 0. The summed E-state index contributed by atoms with van der Waals surface area (Å²) in [7, 11) is 0. The van der Waals surface area contributed by atoms with Crippen LogP contribution in [0.2, 0.25) is 0 Å². The predicted molar refractivity (Wildman–Crippen MR) is 93.0 cm³/mol. The molecule has 0 aliphatic carbocycles. The standard InChI is InChI=1S/C18H19N3OS/c1-12-4-3-5-17-19-14(10-18(22)21(12)17)11-20-8-6-16-15(13(20)2)7-9-23-16/h3-5,7,9-10,13H,6,8,11H2,1-2H3/t13-/m0/s1. The van der Waals surface area contributed by atoms with Crippen molar-refractivity contribution in [2.75, 3.05) is 6.54 Å². The van der Waals surface area contributed by atoms with Crippen molar-refractivity contribution >= 4 is 17.0 Å². The van der Waals surface area contributed by atoms with Crippen molar-refractivity contribution in [2.24, 2.45) is 0 Å². The van der Waals surface area contributed by atoms with Crippen LogP contribution in [-0.4, -0.2) is 20.8 Å². The SMILES string of the molecule is Cc1cccc2nc(CN3CCc4sccc4[C@@H]3C)cc(=O)n12. The molecule has 1 atom stereocenters. The number of rotatable bonds is 2. The van der Waals surface area contributed by atoms with Crippen LogP contribution in [0.25, 0.3) is 5.65 Å². The second-order valence-corrected chi connectivity index (χ2v) is 7.14. The Balaban J connectivity index is 1.68. The summed E-state index contributed by atoms with van der Waals surface area (Å²) in [6, 6.07) is 10.1. The molecule has 0 radical (unpaired) electrons. The minimum absolute atomic E-state index is 0.00369. The molecule has 4 nitrogen and oxygen atoms in total. The number of pyridine rings is 1. The molecule has 1 aliphatic rings. The molecular weight excluding hydrogens is 306 g/mol. The van der Waals surface area contributed by atoms with Crippen molar-refractivity contribution in [2.45, 2.75) is 32.9 Å². The number of nitrogens with zero attached hydrogens (tertiary/aromatic N) is 3. The lowest BCUT2D eigenvalue weighted by atomic mass is 10.0. The molecule has 1 aliphatic heterocycles. The molecule has 5 heteroatoms. The minimum Gasteiger partial charge on any atom is -0.290 e. The van der Waals surface area contributed by atoms with Gasteiger partial charge in [0.25, 0.3) is 5.56 Å². The average molecular weight is 325 g/mol. The average Bonchev–Trinajstić information content (AvgIpc) is 2.99. The van der Waals surface area contributed by atoms with E-state index >= 15 is 0 Å². The van der Waals surface area contributed by atoms with Crippen LogP contribution in [-0.2, 0) is 13.0 Å². The Morgan fingerprint density at radius 3 is 3.09 bits per heavy atom. The monoisotopic (exact) mass is 325 g/mol. The topological polar surface area (TPSA) is 37.6 Å². The van der Waals surface area contributed by atoms with Gasteiger partial charge in [0.2, 0.25) is 0 Å². The number of aryl methyl sites for hydroxylation is 1. The van der Waals surface area contributed by atoms with Crippen LogP contribution in [0.5, 0.6) is 0 Å². The van der Waals surface area contributed by atoms with E-state index in [1.807, 2.05) is 36.5 Å². The second-order valence-electron chi connectivity index (χ2n) is 6.14. The van der Waals surface area contributed by atoms with Crippen LogP contribution in [0, 0.1) is 6.92 Å². The van der Waals surface area contributed by atoms with Crippen molar-refractivity contribution in [3.63, 3.8) is 0 Å². The van der Waals surface area contributed by atoms with E-state index in [9.17, 15) is 4.79 Å². The van der Waals surface area contributed by atoms with Gasteiger partial charge in [0.15, 0.2) is 0 Å². The predicted octanol–water partition coefficient (Wildman–Crippen LogP) is 3.18. The van der Waals surface area contributed by atoms with E-state index < -0.39 is 0 Å².